The first-order valence-electron chi connectivity index (χ1n) is 6.36. The molecule has 0 spiro atoms. The van der Waals surface area contributed by atoms with Crippen LogP contribution in [-0.4, -0.2) is 26.3 Å². The Hall–Kier alpha value is -0.0800. The molecule has 1 rings (SSSR count). The fraction of sp³-hybridized carbons (Fsp3) is 1.00. The third-order valence-corrected chi connectivity index (χ3v) is 2.74. The molecule has 0 bridgehead atoms. The molecule has 2 nitrogen and oxygen atoms in total. The minimum absolute atomic E-state index is 0.454. The molecule has 0 aromatic rings. The van der Waals surface area contributed by atoms with Crippen molar-refractivity contribution < 1.29 is 4.74 Å². The fourth-order valence-corrected chi connectivity index (χ4v) is 1.42. The first-order chi connectivity index (χ1) is 7.08. The lowest BCUT2D eigenvalue weighted by molar-refractivity contribution is 0.122. The van der Waals surface area contributed by atoms with Gasteiger partial charge in [-0.2, -0.15) is 0 Å². The number of rotatable bonds is 8. The molecule has 0 atom stereocenters. The highest BCUT2D eigenvalue weighted by atomic mass is 16.5. The summed E-state index contributed by atoms with van der Waals surface area (Å²) in [4.78, 5) is 0. The van der Waals surface area contributed by atoms with Gasteiger partial charge in [-0.05, 0) is 50.1 Å². The van der Waals surface area contributed by atoms with Crippen molar-refractivity contribution in [3.8, 4) is 0 Å². The highest BCUT2D eigenvalue weighted by Gasteiger charge is 2.20. The monoisotopic (exact) mass is 213 g/mol. The molecular formula is C13H27NO. The Morgan fingerprint density at radius 3 is 2.53 bits per heavy atom. The lowest BCUT2D eigenvalue weighted by Gasteiger charge is -2.17. The molecule has 90 valence electrons. The molecule has 0 aromatic carbocycles. The van der Waals surface area contributed by atoms with Gasteiger partial charge in [0.05, 0.1) is 0 Å². The molecule has 0 saturated heterocycles. The molecule has 15 heavy (non-hydrogen) atoms. The number of nitrogens with one attached hydrogen (secondary N) is 1. The van der Waals surface area contributed by atoms with Crippen molar-refractivity contribution in [1.82, 2.24) is 5.32 Å². The molecule has 0 unspecified atom stereocenters. The van der Waals surface area contributed by atoms with E-state index in [1.165, 1.54) is 19.3 Å². The quantitative estimate of drug-likeness (QED) is 0.626. The average molecular weight is 213 g/mol. The zero-order valence-corrected chi connectivity index (χ0v) is 10.6. The second kappa shape index (κ2) is 6.49. The molecule has 1 aliphatic rings. The predicted molar refractivity (Wildman–Crippen MR) is 65.1 cm³/mol. The fourth-order valence-electron chi connectivity index (χ4n) is 1.42. The Morgan fingerprint density at radius 1 is 1.20 bits per heavy atom. The van der Waals surface area contributed by atoms with Gasteiger partial charge in [-0.25, -0.2) is 0 Å². The summed E-state index contributed by atoms with van der Waals surface area (Å²) < 4.78 is 5.57. The number of hydrogen-bond donors (Lipinski definition) is 1. The van der Waals surface area contributed by atoms with Gasteiger partial charge in [0.1, 0.15) is 0 Å². The Morgan fingerprint density at radius 2 is 1.93 bits per heavy atom. The third-order valence-electron chi connectivity index (χ3n) is 2.74. The summed E-state index contributed by atoms with van der Waals surface area (Å²) in [6, 6.07) is 0. The Labute approximate surface area is 94.8 Å². The maximum atomic E-state index is 5.57. The average Bonchev–Trinajstić information content (AvgIpc) is 2.91. The minimum Gasteiger partial charge on any atom is -0.381 e. The van der Waals surface area contributed by atoms with Crippen molar-refractivity contribution in [2.24, 2.45) is 11.3 Å². The normalized spacial score (nSPS) is 17.0. The molecule has 1 aliphatic carbocycles. The van der Waals surface area contributed by atoms with E-state index in [0.717, 1.165) is 38.6 Å². The highest BCUT2D eigenvalue weighted by molar-refractivity contribution is 4.71. The number of hydrogen-bond acceptors (Lipinski definition) is 2. The zero-order chi connectivity index (χ0) is 11.1. The minimum atomic E-state index is 0.454. The lowest BCUT2D eigenvalue weighted by atomic mass is 9.92. The van der Waals surface area contributed by atoms with Gasteiger partial charge in [-0.3, -0.25) is 0 Å². The first kappa shape index (κ1) is 13.0. The molecule has 1 N–H and O–H groups in total. The van der Waals surface area contributed by atoms with Crippen molar-refractivity contribution in [1.29, 1.82) is 0 Å². The summed E-state index contributed by atoms with van der Waals surface area (Å²) in [5.41, 5.74) is 0.454. The van der Waals surface area contributed by atoms with Crippen LogP contribution in [0.25, 0.3) is 0 Å². The maximum absolute atomic E-state index is 5.57. The summed E-state index contributed by atoms with van der Waals surface area (Å²) in [5, 5.41) is 3.47. The lowest BCUT2D eigenvalue weighted by Crippen LogP contribution is -2.22. The van der Waals surface area contributed by atoms with E-state index in [2.05, 4.69) is 26.1 Å². The Balaban J connectivity index is 1.72. The van der Waals surface area contributed by atoms with Crippen LogP contribution in [0.2, 0.25) is 0 Å². The molecule has 2 heteroatoms. The van der Waals surface area contributed by atoms with Gasteiger partial charge in [-0.15, -0.1) is 0 Å². The van der Waals surface area contributed by atoms with Crippen molar-refractivity contribution in [2.45, 2.75) is 46.5 Å². The van der Waals surface area contributed by atoms with Crippen LogP contribution in [0, 0.1) is 11.3 Å². The summed E-state index contributed by atoms with van der Waals surface area (Å²) >= 11 is 0. The summed E-state index contributed by atoms with van der Waals surface area (Å²) in [7, 11) is 0. The van der Waals surface area contributed by atoms with E-state index < -0.39 is 0 Å². The van der Waals surface area contributed by atoms with Gasteiger partial charge in [-0.1, -0.05) is 20.8 Å². The van der Waals surface area contributed by atoms with E-state index in [4.69, 9.17) is 4.74 Å². The Kier molecular flexibility index (Phi) is 5.62. The predicted octanol–water partition coefficient (Wildman–Crippen LogP) is 2.83. The molecule has 0 aliphatic heterocycles. The smallest absolute Gasteiger partial charge is 0.0494 e. The number of ether oxygens (including phenoxy) is 1. The topological polar surface area (TPSA) is 21.3 Å². The molecular weight excluding hydrogens is 186 g/mol. The molecule has 1 fully saturated rings. The van der Waals surface area contributed by atoms with Gasteiger partial charge in [0.25, 0.3) is 0 Å². The Bertz CT molecular complexity index is 158. The van der Waals surface area contributed by atoms with Crippen molar-refractivity contribution >= 4 is 0 Å². The van der Waals surface area contributed by atoms with Gasteiger partial charge < -0.3 is 10.1 Å². The zero-order valence-electron chi connectivity index (χ0n) is 10.6. The second-order valence-electron chi connectivity index (χ2n) is 5.93. The molecule has 0 amide bonds. The highest BCUT2D eigenvalue weighted by Crippen LogP contribution is 2.28. The van der Waals surface area contributed by atoms with Crippen molar-refractivity contribution in [2.75, 3.05) is 26.3 Å². The van der Waals surface area contributed by atoms with Crippen LogP contribution in [0.15, 0.2) is 0 Å². The van der Waals surface area contributed by atoms with E-state index in [-0.39, 0.29) is 0 Å². The van der Waals surface area contributed by atoms with Crippen LogP contribution in [0.1, 0.15) is 46.5 Å². The van der Waals surface area contributed by atoms with Gasteiger partial charge >= 0.3 is 0 Å². The van der Waals surface area contributed by atoms with Gasteiger partial charge in [0, 0.05) is 13.2 Å². The molecule has 1 saturated carbocycles. The van der Waals surface area contributed by atoms with Gasteiger partial charge in [0.15, 0.2) is 0 Å². The van der Waals surface area contributed by atoms with Gasteiger partial charge in [0.2, 0.25) is 0 Å². The first-order valence-corrected chi connectivity index (χ1v) is 6.36. The standard InChI is InChI=1S/C13H27NO/c1-13(2,3)7-9-14-8-4-10-15-11-12-5-6-12/h12,14H,4-11H2,1-3H3. The summed E-state index contributed by atoms with van der Waals surface area (Å²) in [6.07, 6.45) is 5.18. The van der Waals surface area contributed by atoms with Crippen LogP contribution in [-0.2, 0) is 4.74 Å². The molecule has 0 radical (unpaired) electrons. The van der Waals surface area contributed by atoms with Crippen LogP contribution in [0.5, 0.6) is 0 Å². The van der Waals surface area contributed by atoms with Crippen LogP contribution in [0.4, 0.5) is 0 Å². The van der Waals surface area contributed by atoms with E-state index in [0.29, 0.717) is 5.41 Å². The van der Waals surface area contributed by atoms with Crippen LogP contribution in [0.3, 0.4) is 0 Å². The van der Waals surface area contributed by atoms with E-state index in [9.17, 15) is 0 Å². The van der Waals surface area contributed by atoms with Crippen molar-refractivity contribution in [3.63, 3.8) is 0 Å². The summed E-state index contributed by atoms with van der Waals surface area (Å²) in [6.45, 7) is 11.0. The SMILES string of the molecule is CC(C)(C)CCNCCCOCC1CC1. The van der Waals surface area contributed by atoms with Crippen molar-refractivity contribution in [3.05, 3.63) is 0 Å². The van der Waals surface area contributed by atoms with E-state index in [1.807, 2.05) is 0 Å². The summed E-state index contributed by atoms with van der Waals surface area (Å²) in [5.74, 6) is 0.902. The van der Waals surface area contributed by atoms with E-state index in [1.54, 1.807) is 0 Å². The van der Waals surface area contributed by atoms with Crippen LogP contribution < -0.4 is 5.32 Å². The molecule has 0 aromatic heterocycles. The maximum Gasteiger partial charge on any atom is 0.0494 e. The third kappa shape index (κ3) is 8.88. The largest absolute Gasteiger partial charge is 0.381 e. The van der Waals surface area contributed by atoms with Crippen LogP contribution >= 0.6 is 0 Å². The molecule has 0 heterocycles. The second-order valence-corrected chi connectivity index (χ2v) is 5.93. The van der Waals surface area contributed by atoms with E-state index >= 15 is 0 Å².